The molecule has 2 atom stereocenters. The van der Waals surface area contributed by atoms with Crippen LogP contribution in [0.4, 0.5) is 0 Å². The Hall–Kier alpha value is -5.40. The van der Waals surface area contributed by atoms with Crippen LogP contribution in [0.2, 0.25) is 0 Å². The molecule has 18 heteroatoms. The number of fused-ring (bicyclic) bond motifs is 2. The van der Waals surface area contributed by atoms with Crippen molar-refractivity contribution < 1.29 is 26.5 Å². The van der Waals surface area contributed by atoms with Gasteiger partial charge in [-0.1, -0.05) is 34.6 Å². The number of hydrogen-bond acceptors (Lipinski definition) is 14. The zero-order chi connectivity index (χ0) is 45.6. The van der Waals surface area contributed by atoms with Gasteiger partial charge in [-0.25, -0.2) is 16.8 Å². The van der Waals surface area contributed by atoms with Crippen molar-refractivity contribution in [1.29, 1.82) is 10.5 Å². The lowest BCUT2D eigenvalue weighted by Gasteiger charge is -2.31. The molecule has 4 saturated carbocycles. The molecule has 0 N–H and O–H groups in total. The number of rotatable bonds is 12. The van der Waals surface area contributed by atoms with E-state index in [1.165, 1.54) is 11.1 Å². The number of oxime groups is 2. The van der Waals surface area contributed by atoms with Crippen LogP contribution in [0.1, 0.15) is 133 Å². The van der Waals surface area contributed by atoms with Crippen molar-refractivity contribution in [3.05, 3.63) is 105 Å². The number of aryl methyl sites for hydroxylation is 2. The van der Waals surface area contributed by atoms with E-state index in [2.05, 4.69) is 32.2 Å². The molecular weight excluding hydrogens is 877 g/mol. The van der Waals surface area contributed by atoms with Crippen LogP contribution in [0, 0.1) is 22.7 Å². The summed E-state index contributed by atoms with van der Waals surface area (Å²) in [6.07, 6.45) is 9.17. The molecule has 12 rings (SSSR count). The number of nitrogens with zero attached hydrogens (tertiary/aromatic N) is 10. The van der Waals surface area contributed by atoms with E-state index in [0.29, 0.717) is 50.1 Å². The molecule has 4 fully saturated rings. The molecule has 0 amide bonds. The Morgan fingerprint density at radius 1 is 0.621 bits per heavy atom. The maximum Gasteiger partial charge on any atom is 0.160 e. The first-order valence-corrected chi connectivity index (χ1v) is 26.4. The first-order valence-electron chi connectivity index (χ1n) is 23.3. The topological polar surface area (TPSA) is 201 Å². The Morgan fingerprint density at radius 3 is 1.33 bits per heavy atom. The molecule has 0 spiro atoms. The molecule has 344 valence electrons. The highest BCUT2D eigenvalue weighted by Gasteiger charge is 2.61. The van der Waals surface area contributed by atoms with Gasteiger partial charge in [-0.3, -0.25) is 19.2 Å². The number of aromatic nitrogens is 4. The molecule has 4 aliphatic heterocycles. The Balaban J connectivity index is 0.000000146. The normalized spacial score (nSPS) is 24.0. The average Bonchev–Trinajstić information content (AvgIpc) is 4.18. The molecular formula is C48H54N10O6S2. The van der Waals surface area contributed by atoms with Crippen LogP contribution in [0.5, 0.6) is 0 Å². The summed E-state index contributed by atoms with van der Waals surface area (Å²) < 4.78 is 54.6. The molecule has 6 heterocycles. The zero-order valence-electron chi connectivity index (χ0n) is 37.4. The molecule has 0 unspecified atom stereocenters. The lowest BCUT2D eigenvalue weighted by molar-refractivity contribution is 0.0856. The van der Waals surface area contributed by atoms with Crippen LogP contribution in [-0.2, 0) is 69.4 Å². The van der Waals surface area contributed by atoms with Gasteiger partial charge >= 0.3 is 0 Å². The summed E-state index contributed by atoms with van der Waals surface area (Å²) in [6, 6.07) is 19.1. The van der Waals surface area contributed by atoms with Gasteiger partial charge in [0, 0.05) is 77.3 Å². The lowest BCUT2D eigenvalue weighted by Crippen LogP contribution is -2.42. The van der Waals surface area contributed by atoms with Crippen LogP contribution >= 0.6 is 0 Å². The second kappa shape index (κ2) is 16.1. The fourth-order valence-corrected chi connectivity index (χ4v) is 15.5. The minimum Gasteiger partial charge on any atom is -0.387 e. The quantitative estimate of drug-likeness (QED) is 0.179. The van der Waals surface area contributed by atoms with E-state index in [1.54, 1.807) is 24.3 Å². The van der Waals surface area contributed by atoms with Crippen LogP contribution in [0.3, 0.4) is 0 Å². The van der Waals surface area contributed by atoms with E-state index < -0.39 is 29.2 Å². The molecule has 8 aliphatic rings. The Kier molecular flexibility index (Phi) is 10.6. The summed E-state index contributed by atoms with van der Waals surface area (Å²) in [7, 11) is -2.10. The standard InChI is InChI=1S/2C24H27N5O3S/c2*1-28-21-14-29(15-24(9-10-24)33(30,31)18-6-7-18)11-8-19(21)23(26-28)20-12-22(32-27-20)17-4-2-16(13-25)3-5-17/h2*2-5,18,22H,6-12,14-15H2,1H3/t2*22-/m10/s1. The Labute approximate surface area is 385 Å². The highest BCUT2D eigenvalue weighted by Crippen LogP contribution is 2.52. The van der Waals surface area contributed by atoms with E-state index in [1.807, 2.05) is 47.7 Å². The smallest absolute Gasteiger partial charge is 0.160 e. The molecule has 0 saturated heterocycles. The van der Waals surface area contributed by atoms with Gasteiger partial charge < -0.3 is 9.68 Å². The average molecular weight is 931 g/mol. The van der Waals surface area contributed by atoms with Crippen molar-refractivity contribution in [2.24, 2.45) is 24.4 Å². The summed E-state index contributed by atoms with van der Waals surface area (Å²) in [4.78, 5) is 16.0. The second-order valence-corrected chi connectivity index (χ2v) is 25.0. The molecule has 0 bridgehead atoms. The Bertz CT molecular complexity index is 2760. The highest BCUT2D eigenvalue weighted by atomic mass is 32.2. The summed E-state index contributed by atoms with van der Waals surface area (Å²) in [6.45, 7) is 4.37. The van der Waals surface area contributed by atoms with E-state index >= 15 is 0 Å². The largest absolute Gasteiger partial charge is 0.387 e. The minimum atomic E-state index is -3.00. The van der Waals surface area contributed by atoms with Crippen LogP contribution in [-0.4, -0.2) is 104 Å². The van der Waals surface area contributed by atoms with Crippen molar-refractivity contribution in [1.82, 2.24) is 29.4 Å². The predicted molar refractivity (Wildman–Crippen MR) is 244 cm³/mol. The van der Waals surface area contributed by atoms with Crippen molar-refractivity contribution in [3.8, 4) is 12.1 Å². The zero-order valence-corrected chi connectivity index (χ0v) is 39.0. The molecule has 2 aromatic carbocycles. The highest BCUT2D eigenvalue weighted by molar-refractivity contribution is 7.94. The van der Waals surface area contributed by atoms with Crippen molar-refractivity contribution in [2.45, 2.75) is 122 Å². The molecule has 4 aromatic rings. The summed E-state index contributed by atoms with van der Waals surface area (Å²) in [5, 5.41) is 36.1. The Morgan fingerprint density at radius 2 is 1.00 bits per heavy atom. The van der Waals surface area contributed by atoms with Gasteiger partial charge in [-0.2, -0.15) is 20.7 Å². The fraction of sp³-hybridized carbons (Fsp3) is 0.542. The number of benzene rings is 2. The first-order chi connectivity index (χ1) is 31.8. The van der Waals surface area contributed by atoms with Gasteiger partial charge in [0.15, 0.2) is 31.9 Å². The third-order valence-electron chi connectivity index (χ3n) is 15.1. The van der Waals surface area contributed by atoms with E-state index in [4.69, 9.17) is 30.4 Å². The second-order valence-electron chi connectivity index (χ2n) is 19.7. The summed E-state index contributed by atoms with van der Waals surface area (Å²) in [5.74, 6) is 0. The summed E-state index contributed by atoms with van der Waals surface area (Å²) in [5.41, 5.74) is 11.4. The molecule has 4 aliphatic carbocycles. The van der Waals surface area contributed by atoms with Crippen molar-refractivity contribution >= 4 is 31.1 Å². The molecule has 0 radical (unpaired) electrons. The maximum atomic E-state index is 12.9. The third-order valence-corrected chi connectivity index (χ3v) is 21.3. The maximum absolute atomic E-state index is 12.9. The number of hydrogen-bond donors (Lipinski definition) is 0. The summed E-state index contributed by atoms with van der Waals surface area (Å²) >= 11 is 0. The molecule has 16 nitrogen and oxygen atoms in total. The molecule has 66 heavy (non-hydrogen) atoms. The van der Waals surface area contributed by atoms with Gasteiger partial charge in [0.1, 0.15) is 22.8 Å². The number of nitriles is 2. The van der Waals surface area contributed by atoms with Crippen LogP contribution in [0.25, 0.3) is 0 Å². The minimum absolute atomic E-state index is 0.0897. The van der Waals surface area contributed by atoms with Gasteiger partial charge in [0.25, 0.3) is 0 Å². The van der Waals surface area contributed by atoms with Crippen LogP contribution < -0.4 is 0 Å². The lowest BCUT2D eigenvalue weighted by atomic mass is 9.97. The van der Waals surface area contributed by atoms with Gasteiger partial charge in [-0.05, 0) is 99.6 Å². The number of sulfone groups is 2. The monoisotopic (exact) mass is 930 g/mol. The fourth-order valence-electron chi connectivity index (χ4n) is 10.5. The van der Waals surface area contributed by atoms with E-state index in [0.717, 1.165) is 123 Å². The van der Waals surface area contributed by atoms with Gasteiger partial charge in [0.2, 0.25) is 0 Å². The van der Waals surface area contributed by atoms with Crippen LogP contribution in [0.15, 0.2) is 58.8 Å². The first kappa shape index (κ1) is 43.2. The van der Waals surface area contributed by atoms with E-state index in [9.17, 15) is 16.8 Å². The van der Waals surface area contributed by atoms with Gasteiger partial charge in [-0.15, -0.1) is 0 Å². The van der Waals surface area contributed by atoms with Crippen molar-refractivity contribution in [3.63, 3.8) is 0 Å². The predicted octanol–water partition coefficient (Wildman–Crippen LogP) is 5.25. The van der Waals surface area contributed by atoms with Crippen molar-refractivity contribution in [2.75, 3.05) is 26.2 Å². The SMILES string of the molecule is Cn1nc(C2=NO[C@@H](c3ccc(C#N)cc3)C2)c2c1CN(CC1(S(=O)(=O)C3CC3)CC1)CC2.Cn1nc(C2=NO[C@H](c3ccc(C#N)cc3)C2)c2c1CN(CC1(S(=O)(=O)C3CC3)CC1)CC2. The van der Waals surface area contributed by atoms with E-state index in [-0.39, 0.29) is 22.7 Å². The molecule has 2 aromatic heterocycles. The van der Waals surface area contributed by atoms with Gasteiger partial charge in [0.05, 0.1) is 54.6 Å². The third kappa shape index (κ3) is 7.73.